The van der Waals surface area contributed by atoms with Crippen molar-refractivity contribution in [2.75, 3.05) is 13.9 Å². The Morgan fingerprint density at radius 3 is 2.42 bits per heavy atom. The van der Waals surface area contributed by atoms with Crippen molar-refractivity contribution in [3.8, 4) is 16.9 Å². The first-order valence-electron chi connectivity index (χ1n) is 12.7. The lowest BCUT2D eigenvalue weighted by Crippen LogP contribution is -2.34. The summed E-state index contributed by atoms with van der Waals surface area (Å²) in [6, 6.07) is 13.0. The van der Waals surface area contributed by atoms with Crippen LogP contribution in [0.5, 0.6) is 5.75 Å². The first kappa shape index (κ1) is 29.5. The summed E-state index contributed by atoms with van der Waals surface area (Å²) in [5.74, 6) is -1.95. The Kier molecular flexibility index (Phi) is 10.2. The predicted octanol–water partition coefficient (Wildman–Crippen LogP) is 4.89. The maximum absolute atomic E-state index is 12.4. The summed E-state index contributed by atoms with van der Waals surface area (Å²) in [5.41, 5.74) is 2.10. The van der Waals surface area contributed by atoms with E-state index in [9.17, 15) is 20.1 Å². The molecule has 5 atom stereocenters. The fourth-order valence-corrected chi connectivity index (χ4v) is 4.32. The van der Waals surface area contributed by atoms with Gasteiger partial charge in [0.1, 0.15) is 23.5 Å². The van der Waals surface area contributed by atoms with Crippen molar-refractivity contribution >= 4 is 12.0 Å². The number of carbonyl (C=O) groups is 1. The number of hydrogen-bond donors (Lipinski definition) is 3. The molecule has 0 aliphatic carbocycles. The van der Waals surface area contributed by atoms with E-state index in [1.54, 1.807) is 45.1 Å². The zero-order chi connectivity index (χ0) is 27.9. The highest BCUT2D eigenvalue weighted by molar-refractivity contribution is 5.99. The summed E-state index contributed by atoms with van der Waals surface area (Å²) in [6.07, 6.45) is 4.70. The monoisotopic (exact) mass is 526 g/mol. The first-order chi connectivity index (χ1) is 18.0. The third kappa shape index (κ3) is 7.52. The summed E-state index contributed by atoms with van der Waals surface area (Å²) >= 11 is 0. The SMILES string of the molecule is COCOc1ccc(-c2ccccc2)c(/C=C/C[C@@H]2OC(C)(C)O[C@@H]2C(O)/C=C\[C@@H](C)[C@H](C)O)c1C(=O)O. The standard InChI is InChI=1S/C30H38O8/c1-19(20(2)31)14-16-24(32)28-26(37-30(3,4)38-28)13-9-12-23-22(21-10-7-6-8-11-21)15-17-25(36-18-35-5)27(23)29(33)34/h6-12,14-17,19-20,24,26,28,31-32H,13,18H2,1-5H3,(H,33,34)/b12-9+,16-14-/t19-,20+,24?,26+,28-/m1/s1. The maximum atomic E-state index is 12.4. The minimum atomic E-state index is -1.12. The third-order valence-corrected chi connectivity index (χ3v) is 6.42. The molecule has 206 valence electrons. The van der Waals surface area contributed by atoms with Gasteiger partial charge in [0.05, 0.1) is 12.2 Å². The van der Waals surface area contributed by atoms with Crippen molar-refractivity contribution in [3.63, 3.8) is 0 Å². The number of aliphatic hydroxyl groups is 2. The molecule has 1 unspecified atom stereocenters. The quantitative estimate of drug-likeness (QED) is 0.265. The molecule has 0 radical (unpaired) electrons. The van der Waals surface area contributed by atoms with Crippen LogP contribution in [0.4, 0.5) is 0 Å². The van der Waals surface area contributed by atoms with Crippen molar-refractivity contribution in [2.24, 2.45) is 5.92 Å². The van der Waals surface area contributed by atoms with Gasteiger partial charge in [0.2, 0.25) is 0 Å². The summed E-state index contributed by atoms with van der Waals surface area (Å²) in [7, 11) is 1.47. The molecule has 1 aliphatic heterocycles. The Hall–Kier alpha value is -3.01. The van der Waals surface area contributed by atoms with Gasteiger partial charge < -0.3 is 34.3 Å². The van der Waals surface area contributed by atoms with Crippen LogP contribution in [0, 0.1) is 5.92 Å². The molecule has 1 saturated heterocycles. The first-order valence-corrected chi connectivity index (χ1v) is 12.7. The predicted molar refractivity (Wildman–Crippen MR) is 145 cm³/mol. The van der Waals surface area contributed by atoms with Crippen LogP contribution in [0.2, 0.25) is 0 Å². The second-order valence-electron chi connectivity index (χ2n) is 9.87. The van der Waals surface area contributed by atoms with E-state index in [1.807, 2.05) is 49.4 Å². The lowest BCUT2D eigenvalue weighted by atomic mass is 9.93. The lowest BCUT2D eigenvalue weighted by Gasteiger charge is -2.20. The van der Waals surface area contributed by atoms with Gasteiger partial charge in [0, 0.05) is 12.7 Å². The number of aliphatic hydroxyl groups excluding tert-OH is 2. The van der Waals surface area contributed by atoms with E-state index in [4.69, 9.17) is 18.9 Å². The zero-order valence-electron chi connectivity index (χ0n) is 22.5. The molecule has 8 nitrogen and oxygen atoms in total. The highest BCUT2D eigenvalue weighted by Gasteiger charge is 2.43. The van der Waals surface area contributed by atoms with Crippen LogP contribution in [-0.2, 0) is 14.2 Å². The van der Waals surface area contributed by atoms with Gasteiger partial charge in [-0.3, -0.25) is 0 Å². The van der Waals surface area contributed by atoms with E-state index in [0.29, 0.717) is 12.0 Å². The lowest BCUT2D eigenvalue weighted by molar-refractivity contribution is -0.152. The van der Waals surface area contributed by atoms with Crippen molar-refractivity contribution in [1.82, 2.24) is 0 Å². The van der Waals surface area contributed by atoms with E-state index >= 15 is 0 Å². The number of aromatic carboxylic acids is 1. The van der Waals surface area contributed by atoms with Crippen molar-refractivity contribution in [1.29, 1.82) is 0 Å². The molecule has 3 N–H and O–H groups in total. The summed E-state index contributed by atoms with van der Waals surface area (Å²) in [5, 5.41) is 30.7. The van der Waals surface area contributed by atoms with Crippen LogP contribution in [-0.4, -0.2) is 65.4 Å². The molecule has 1 heterocycles. The number of hydrogen-bond acceptors (Lipinski definition) is 7. The molecule has 1 aliphatic rings. The second kappa shape index (κ2) is 13.2. The van der Waals surface area contributed by atoms with Crippen LogP contribution in [0.1, 0.15) is 50.0 Å². The van der Waals surface area contributed by atoms with Crippen LogP contribution >= 0.6 is 0 Å². The Bertz CT molecular complexity index is 1120. The van der Waals surface area contributed by atoms with E-state index in [2.05, 4.69) is 0 Å². The van der Waals surface area contributed by atoms with Gasteiger partial charge in [-0.2, -0.15) is 0 Å². The fourth-order valence-electron chi connectivity index (χ4n) is 4.32. The highest BCUT2D eigenvalue weighted by Crippen LogP contribution is 2.35. The van der Waals surface area contributed by atoms with Crippen molar-refractivity contribution in [3.05, 3.63) is 71.8 Å². The Morgan fingerprint density at radius 1 is 1.08 bits per heavy atom. The topological polar surface area (TPSA) is 115 Å². The Balaban J connectivity index is 1.93. The van der Waals surface area contributed by atoms with Crippen LogP contribution in [0.15, 0.2) is 60.7 Å². The highest BCUT2D eigenvalue weighted by atomic mass is 16.8. The second-order valence-corrected chi connectivity index (χ2v) is 9.87. The maximum Gasteiger partial charge on any atom is 0.340 e. The number of carboxylic acids is 1. The minimum absolute atomic E-state index is 0.0233. The molecule has 2 aromatic carbocycles. The third-order valence-electron chi connectivity index (χ3n) is 6.42. The van der Waals surface area contributed by atoms with E-state index in [0.717, 1.165) is 11.1 Å². The number of benzene rings is 2. The molecule has 0 amide bonds. The van der Waals surface area contributed by atoms with Gasteiger partial charge in [0.25, 0.3) is 0 Å². The number of ether oxygens (including phenoxy) is 4. The molecule has 3 rings (SSSR count). The van der Waals surface area contributed by atoms with Crippen LogP contribution in [0.3, 0.4) is 0 Å². The summed E-state index contributed by atoms with van der Waals surface area (Å²) in [6.45, 7) is 7.03. The van der Waals surface area contributed by atoms with E-state index in [-0.39, 0.29) is 24.0 Å². The van der Waals surface area contributed by atoms with E-state index in [1.165, 1.54) is 7.11 Å². The normalized spacial score (nSPS) is 21.6. The molecule has 0 spiro atoms. The molecule has 8 heteroatoms. The van der Waals surface area contributed by atoms with Crippen LogP contribution < -0.4 is 4.74 Å². The molecule has 0 bridgehead atoms. The van der Waals surface area contributed by atoms with Gasteiger partial charge >= 0.3 is 5.97 Å². The molecular weight excluding hydrogens is 488 g/mol. The van der Waals surface area contributed by atoms with Gasteiger partial charge in [-0.25, -0.2) is 4.79 Å². The molecular formula is C30H38O8. The summed E-state index contributed by atoms with van der Waals surface area (Å²) < 4.78 is 22.6. The van der Waals surface area contributed by atoms with Crippen molar-refractivity contribution in [2.45, 2.75) is 64.3 Å². The molecule has 2 aromatic rings. The fraction of sp³-hybridized carbons (Fsp3) is 0.433. The Labute approximate surface area is 224 Å². The molecule has 0 aromatic heterocycles. The average molecular weight is 527 g/mol. The Morgan fingerprint density at radius 2 is 1.79 bits per heavy atom. The average Bonchev–Trinajstić information content (AvgIpc) is 3.20. The van der Waals surface area contributed by atoms with Crippen LogP contribution in [0.25, 0.3) is 17.2 Å². The van der Waals surface area contributed by atoms with Gasteiger partial charge in [-0.05, 0) is 50.3 Å². The number of carboxylic acid groups (broad SMARTS) is 1. The zero-order valence-corrected chi connectivity index (χ0v) is 22.5. The van der Waals surface area contributed by atoms with Gasteiger partial charge in [-0.15, -0.1) is 0 Å². The number of methoxy groups -OCH3 is 1. The van der Waals surface area contributed by atoms with Crippen molar-refractivity contribution < 1.29 is 39.1 Å². The van der Waals surface area contributed by atoms with Gasteiger partial charge in [-0.1, -0.05) is 67.6 Å². The molecule has 38 heavy (non-hydrogen) atoms. The largest absolute Gasteiger partial charge is 0.478 e. The van der Waals surface area contributed by atoms with Gasteiger partial charge in [0.15, 0.2) is 12.6 Å². The van der Waals surface area contributed by atoms with E-state index < -0.39 is 36.2 Å². The minimum Gasteiger partial charge on any atom is -0.478 e. The smallest absolute Gasteiger partial charge is 0.340 e. The molecule has 1 fully saturated rings. The number of rotatable bonds is 12. The molecule has 0 saturated carbocycles. The summed E-state index contributed by atoms with van der Waals surface area (Å²) in [4.78, 5) is 12.4.